The quantitative estimate of drug-likeness (QED) is 0.248. The number of nitrogens with zero attached hydrogens (tertiary/aromatic N) is 2. The van der Waals surface area contributed by atoms with Crippen molar-refractivity contribution in [3.63, 3.8) is 0 Å². The molecule has 0 unspecified atom stereocenters. The highest BCUT2D eigenvalue weighted by molar-refractivity contribution is 14.0. The third-order valence-corrected chi connectivity index (χ3v) is 3.97. The summed E-state index contributed by atoms with van der Waals surface area (Å²) in [7, 11) is 1.73. The molecule has 24 heavy (non-hydrogen) atoms. The number of guanidine groups is 1. The van der Waals surface area contributed by atoms with E-state index in [1.807, 2.05) is 20.8 Å². The van der Waals surface area contributed by atoms with E-state index in [1.165, 1.54) is 25.9 Å². The molecule has 0 bridgehead atoms. The first-order chi connectivity index (χ1) is 10.8. The van der Waals surface area contributed by atoms with E-state index >= 15 is 0 Å². The van der Waals surface area contributed by atoms with Crippen molar-refractivity contribution < 1.29 is 4.79 Å². The predicted octanol–water partition coefficient (Wildman–Crippen LogP) is 1.81. The molecule has 3 N–H and O–H groups in total. The number of aliphatic imine (C=N–C) groups is 1. The molecule has 7 heteroatoms. The normalized spacial score (nSPS) is 17.1. The van der Waals surface area contributed by atoms with Crippen LogP contribution in [0.5, 0.6) is 0 Å². The Morgan fingerprint density at radius 2 is 1.83 bits per heavy atom. The molecule has 1 amide bonds. The summed E-state index contributed by atoms with van der Waals surface area (Å²) in [4.78, 5) is 18.5. The van der Waals surface area contributed by atoms with Gasteiger partial charge in [0.15, 0.2) is 5.96 Å². The fourth-order valence-electron chi connectivity index (χ4n) is 2.64. The van der Waals surface area contributed by atoms with Crippen molar-refractivity contribution in [2.45, 2.75) is 52.5 Å². The van der Waals surface area contributed by atoms with Gasteiger partial charge in [0.2, 0.25) is 5.91 Å². The van der Waals surface area contributed by atoms with E-state index in [-0.39, 0.29) is 42.0 Å². The Labute approximate surface area is 164 Å². The van der Waals surface area contributed by atoms with Gasteiger partial charge in [0, 0.05) is 19.1 Å². The van der Waals surface area contributed by atoms with Crippen molar-refractivity contribution >= 4 is 35.8 Å². The van der Waals surface area contributed by atoms with Crippen LogP contribution >= 0.6 is 24.0 Å². The molecule has 0 spiro atoms. The number of amides is 1. The first-order valence-electron chi connectivity index (χ1n) is 8.78. The minimum atomic E-state index is -0.207. The van der Waals surface area contributed by atoms with Gasteiger partial charge in [0.05, 0.1) is 6.54 Å². The molecule has 0 atom stereocenters. The number of nitrogens with one attached hydrogen (secondary N) is 3. The zero-order valence-electron chi connectivity index (χ0n) is 15.9. The Bertz CT molecular complexity index is 387. The lowest BCUT2D eigenvalue weighted by Crippen LogP contribution is -2.48. The van der Waals surface area contributed by atoms with Gasteiger partial charge in [-0.25, -0.2) is 0 Å². The summed E-state index contributed by atoms with van der Waals surface area (Å²) in [6, 6.07) is 0. The van der Waals surface area contributed by atoms with Crippen molar-refractivity contribution in [3.05, 3.63) is 0 Å². The first-order valence-corrected chi connectivity index (χ1v) is 8.78. The first kappa shape index (κ1) is 23.4. The third kappa shape index (κ3) is 11.1. The number of rotatable bonds is 6. The van der Waals surface area contributed by atoms with Gasteiger partial charge in [-0.05, 0) is 65.6 Å². The summed E-state index contributed by atoms with van der Waals surface area (Å²) < 4.78 is 0. The largest absolute Gasteiger partial charge is 0.356 e. The zero-order valence-corrected chi connectivity index (χ0v) is 18.3. The number of hydrogen-bond acceptors (Lipinski definition) is 3. The highest BCUT2D eigenvalue weighted by Gasteiger charge is 2.15. The Morgan fingerprint density at radius 1 is 1.21 bits per heavy atom. The maximum atomic E-state index is 11.8. The van der Waals surface area contributed by atoms with E-state index in [4.69, 9.17) is 0 Å². The van der Waals surface area contributed by atoms with Crippen molar-refractivity contribution in [2.75, 3.05) is 39.8 Å². The summed E-state index contributed by atoms with van der Waals surface area (Å²) in [5, 5.41) is 9.24. The molecule has 0 saturated carbocycles. The van der Waals surface area contributed by atoms with Crippen LogP contribution in [-0.4, -0.2) is 62.1 Å². The Balaban J connectivity index is 0.00000529. The van der Waals surface area contributed by atoms with Crippen LogP contribution in [0.25, 0.3) is 0 Å². The second-order valence-electron chi connectivity index (χ2n) is 7.53. The lowest BCUT2D eigenvalue weighted by atomic mass is 9.99. The summed E-state index contributed by atoms with van der Waals surface area (Å²) in [6.07, 6.45) is 3.72. The zero-order chi connectivity index (χ0) is 17.3. The molecule has 0 aromatic rings. The number of hydrogen-bond donors (Lipinski definition) is 3. The van der Waals surface area contributed by atoms with E-state index < -0.39 is 0 Å². The van der Waals surface area contributed by atoms with Crippen molar-refractivity contribution in [2.24, 2.45) is 10.9 Å². The van der Waals surface area contributed by atoms with Crippen LogP contribution in [0.1, 0.15) is 47.0 Å². The van der Waals surface area contributed by atoms with Crippen LogP contribution in [-0.2, 0) is 4.79 Å². The highest BCUT2D eigenvalue weighted by atomic mass is 127. The van der Waals surface area contributed by atoms with Gasteiger partial charge in [-0.3, -0.25) is 9.79 Å². The minimum Gasteiger partial charge on any atom is -0.356 e. The van der Waals surface area contributed by atoms with Crippen molar-refractivity contribution in [3.8, 4) is 0 Å². The summed E-state index contributed by atoms with van der Waals surface area (Å²) in [5.74, 6) is 1.54. The Morgan fingerprint density at radius 3 is 2.38 bits per heavy atom. The van der Waals surface area contributed by atoms with Gasteiger partial charge < -0.3 is 20.9 Å². The summed E-state index contributed by atoms with van der Waals surface area (Å²) in [5.41, 5.74) is -0.207. The molecule has 0 radical (unpaired) electrons. The highest BCUT2D eigenvalue weighted by Crippen LogP contribution is 2.15. The van der Waals surface area contributed by atoms with Gasteiger partial charge in [-0.1, -0.05) is 6.92 Å². The average Bonchev–Trinajstić information content (AvgIpc) is 2.46. The van der Waals surface area contributed by atoms with Crippen LogP contribution < -0.4 is 16.0 Å². The maximum absolute atomic E-state index is 11.8. The topological polar surface area (TPSA) is 68.8 Å². The monoisotopic (exact) mass is 453 g/mol. The Kier molecular flexibility index (Phi) is 11.6. The second kappa shape index (κ2) is 11.9. The molecule has 1 aliphatic rings. The third-order valence-electron chi connectivity index (χ3n) is 3.97. The lowest BCUT2D eigenvalue weighted by molar-refractivity contribution is -0.121. The van der Waals surface area contributed by atoms with E-state index in [0.29, 0.717) is 5.96 Å². The van der Waals surface area contributed by atoms with E-state index in [2.05, 4.69) is 32.8 Å². The lowest BCUT2D eigenvalue weighted by Gasteiger charge is -2.30. The van der Waals surface area contributed by atoms with Crippen LogP contribution in [0.2, 0.25) is 0 Å². The van der Waals surface area contributed by atoms with Gasteiger partial charge in [-0.2, -0.15) is 0 Å². The standard InChI is InChI=1S/C17H35N5O.HI/c1-14-7-11-22(12-8-14)10-6-9-19-16(18-5)20-13-15(23)21-17(2,3)4;/h14H,6-13H2,1-5H3,(H,21,23)(H2,18,19,20);1H. The maximum Gasteiger partial charge on any atom is 0.239 e. The predicted molar refractivity (Wildman–Crippen MR) is 112 cm³/mol. The minimum absolute atomic E-state index is 0. The molecule has 0 aliphatic carbocycles. The van der Waals surface area contributed by atoms with Crippen LogP contribution in [0.4, 0.5) is 0 Å². The molecule has 1 rings (SSSR count). The molecule has 6 nitrogen and oxygen atoms in total. The van der Waals surface area contributed by atoms with Crippen LogP contribution in [0.15, 0.2) is 4.99 Å². The molecule has 1 fully saturated rings. The molecule has 1 heterocycles. The van der Waals surface area contributed by atoms with E-state index in [9.17, 15) is 4.79 Å². The van der Waals surface area contributed by atoms with Crippen molar-refractivity contribution in [1.82, 2.24) is 20.9 Å². The fourth-order valence-corrected chi connectivity index (χ4v) is 2.64. The average molecular weight is 453 g/mol. The van der Waals surface area contributed by atoms with Gasteiger partial charge in [-0.15, -0.1) is 24.0 Å². The molecule has 0 aromatic heterocycles. The van der Waals surface area contributed by atoms with Gasteiger partial charge in [0.25, 0.3) is 0 Å². The van der Waals surface area contributed by atoms with Crippen molar-refractivity contribution in [1.29, 1.82) is 0 Å². The Hall–Kier alpha value is -0.570. The van der Waals surface area contributed by atoms with Gasteiger partial charge in [0.1, 0.15) is 0 Å². The molecule has 0 aromatic carbocycles. The number of carbonyl (C=O) groups excluding carboxylic acids is 1. The van der Waals surface area contributed by atoms with E-state index in [0.717, 1.165) is 25.4 Å². The SMILES string of the molecule is CN=C(NCCCN1CCC(C)CC1)NCC(=O)NC(C)(C)C.I. The van der Waals surface area contributed by atoms with E-state index in [1.54, 1.807) is 7.05 Å². The number of piperidine rings is 1. The fraction of sp³-hybridized carbons (Fsp3) is 0.882. The second-order valence-corrected chi connectivity index (χ2v) is 7.53. The van der Waals surface area contributed by atoms with Gasteiger partial charge >= 0.3 is 0 Å². The molecular weight excluding hydrogens is 417 g/mol. The molecule has 1 aliphatic heterocycles. The van der Waals surface area contributed by atoms with Crippen LogP contribution in [0.3, 0.4) is 0 Å². The smallest absolute Gasteiger partial charge is 0.239 e. The molecule has 1 saturated heterocycles. The number of carbonyl (C=O) groups is 1. The van der Waals surface area contributed by atoms with Crippen LogP contribution in [0, 0.1) is 5.92 Å². The molecule has 142 valence electrons. The summed E-state index contributed by atoms with van der Waals surface area (Å²) in [6.45, 7) is 12.9. The number of halogens is 1. The molecular formula is C17H36IN5O. The summed E-state index contributed by atoms with van der Waals surface area (Å²) >= 11 is 0. The number of likely N-dealkylation sites (tertiary alicyclic amines) is 1.